The minimum absolute atomic E-state index is 0.600. The predicted octanol–water partition coefficient (Wildman–Crippen LogP) is 10.8. The number of fused-ring (bicyclic) bond motifs is 7. The molecule has 0 unspecified atom stereocenters. The van der Waals surface area contributed by atoms with E-state index in [0.717, 1.165) is 89.5 Å². The number of rotatable bonds is 4. The fraction of sp³-hybridized carbons (Fsp3) is 0.0238. The average molecular weight is 619 g/mol. The normalized spacial score (nSPS) is 12.6. The molecule has 0 atom stereocenters. The second-order valence-electron chi connectivity index (χ2n) is 12.0. The Kier molecular flexibility index (Phi) is 5.84. The molecule has 3 aromatic heterocycles. The lowest BCUT2D eigenvalue weighted by atomic mass is 9.93. The first-order valence-electron chi connectivity index (χ1n) is 16.0. The molecule has 1 N–H and O–H groups in total. The van der Waals surface area contributed by atoms with Crippen LogP contribution in [-0.2, 0) is 0 Å². The molecule has 1 aliphatic heterocycles. The van der Waals surface area contributed by atoms with Crippen molar-refractivity contribution in [3.05, 3.63) is 139 Å². The molecule has 4 heterocycles. The number of para-hydroxylation sites is 1. The first-order chi connectivity index (χ1) is 23.8. The van der Waals surface area contributed by atoms with Crippen molar-refractivity contribution < 1.29 is 8.83 Å². The summed E-state index contributed by atoms with van der Waals surface area (Å²) < 4.78 is 12.4. The summed E-state index contributed by atoms with van der Waals surface area (Å²) >= 11 is 0. The van der Waals surface area contributed by atoms with E-state index in [9.17, 15) is 0 Å². The topological polar surface area (TPSA) is 77.0 Å². The molecule has 0 aliphatic carbocycles. The van der Waals surface area contributed by atoms with Gasteiger partial charge >= 0.3 is 0 Å². The SMILES string of the molecule is C1=Cc2c(oc3cccc(-c4cccc5cc(-c6nc(-c7ccccc7)nc(-c7cccc8oc9ccccc9c78)n6)ccc45)c23)NC1. The zero-order valence-electron chi connectivity index (χ0n) is 25.6. The van der Waals surface area contributed by atoms with Gasteiger partial charge in [0, 0.05) is 45.0 Å². The van der Waals surface area contributed by atoms with E-state index < -0.39 is 0 Å². The van der Waals surface area contributed by atoms with Gasteiger partial charge in [0.2, 0.25) is 5.88 Å². The molecule has 1 aliphatic rings. The summed E-state index contributed by atoms with van der Waals surface area (Å²) in [6, 6.07) is 43.4. The monoisotopic (exact) mass is 618 g/mol. The van der Waals surface area contributed by atoms with Gasteiger partial charge in [-0.1, -0.05) is 115 Å². The Morgan fingerprint density at radius 3 is 2.10 bits per heavy atom. The van der Waals surface area contributed by atoms with Crippen molar-refractivity contribution in [3.8, 4) is 45.3 Å². The molecule has 226 valence electrons. The smallest absolute Gasteiger partial charge is 0.201 e. The molecule has 0 saturated heterocycles. The van der Waals surface area contributed by atoms with Gasteiger partial charge < -0.3 is 14.2 Å². The van der Waals surface area contributed by atoms with E-state index in [1.807, 2.05) is 66.7 Å². The second-order valence-corrected chi connectivity index (χ2v) is 12.0. The van der Waals surface area contributed by atoms with Gasteiger partial charge in [-0.2, -0.15) is 0 Å². The highest BCUT2D eigenvalue weighted by Crippen LogP contribution is 2.42. The minimum Gasteiger partial charge on any atom is -0.456 e. The van der Waals surface area contributed by atoms with Gasteiger partial charge in [0.15, 0.2) is 17.5 Å². The molecule has 0 saturated carbocycles. The summed E-state index contributed by atoms with van der Waals surface area (Å²) in [7, 11) is 0. The summed E-state index contributed by atoms with van der Waals surface area (Å²) in [6.07, 6.45) is 4.28. The maximum atomic E-state index is 6.21. The molecule has 9 aromatic rings. The van der Waals surface area contributed by atoms with Crippen LogP contribution in [0.25, 0.3) is 95.0 Å². The third-order valence-electron chi connectivity index (χ3n) is 9.16. The van der Waals surface area contributed by atoms with Crippen LogP contribution < -0.4 is 5.32 Å². The number of anilines is 1. The molecule has 6 nitrogen and oxygen atoms in total. The van der Waals surface area contributed by atoms with Gasteiger partial charge in [0.1, 0.15) is 16.7 Å². The van der Waals surface area contributed by atoms with Crippen molar-refractivity contribution in [2.75, 3.05) is 11.9 Å². The number of furan rings is 2. The first kappa shape index (κ1) is 26.7. The summed E-state index contributed by atoms with van der Waals surface area (Å²) in [5.41, 5.74) is 8.62. The molecule has 0 fully saturated rings. The van der Waals surface area contributed by atoms with Crippen molar-refractivity contribution >= 4 is 55.6 Å². The Labute approximate surface area is 275 Å². The minimum atomic E-state index is 0.600. The molecule has 6 heteroatoms. The van der Waals surface area contributed by atoms with Gasteiger partial charge in [-0.15, -0.1) is 0 Å². The Bertz CT molecular complexity index is 2740. The van der Waals surface area contributed by atoms with Crippen LogP contribution in [0, 0.1) is 0 Å². The highest BCUT2D eigenvalue weighted by molar-refractivity contribution is 6.12. The van der Waals surface area contributed by atoms with Crippen LogP contribution in [0.1, 0.15) is 5.56 Å². The van der Waals surface area contributed by atoms with E-state index >= 15 is 0 Å². The highest BCUT2D eigenvalue weighted by atomic mass is 16.4. The summed E-state index contributed by atoms with van der Waals surface area (Å²) in [5.74, 6) is 2.65. The van der Waals surface area contributed by atoms with Crippen molar-refractivity contribution in [3.63, 3.8) is 0 Å². The van der Waals surface area contributed by atoms with Crippen molar-refractivity contribution in [1.82, 2.24) is 15.0 Å². The second kappa shape index (κ2) is 10.5. The predicted molar refractivity (Wildman–Crippen MR) is 194 cm³/mol. The lowest BCUT2D eigenvalue weighted by Gasteiger charge is -2.12. The van der Waals surface area contributed by atoms with E-state index in [2.05, 4.69) is 78.1 Å². The summed E-state index contributed by atoms with van der Waals surface area (Å²) in [4.78, 5) is 15.2. The number of nitrogens with zero attached hydrogens (tertiary/aromatic N) is 3. The van der Waals surface area contributed by atoms with Gasteiger partial charge in [0.05, 0.1) is 0 Å². The fourth-order valence-electron chi connectivity index (χ4n) is 6.98. The van der Waals surface area contributed by atoms with Crippen LogP contribution in [0.15, 0.2) is 142 Å². The largest absolute Gasteiger partial charge is 0.456 e. The first-order valence-corrected chi connectivity index (χ1v) is 16.0. The van der Waals surface area contributed by atoms with Crippen LogP contribution >= 0.6 is 0 Å². The zero-order chi connectivity index (χ0) is 31.6. The van der Waals surface area contributed by atoms with Crippen molar-refractivity contribution in [2.45, 2.75) is 0 Å². The number of hydrogen-bond acceptors (Lipinski definition) is 6. The van der Waals surface area contributed by atoms with Crippen molar-refractivity contribution in [2.24, 2.45) is 0 Å². The van der Waals surface area contributed by atoms with Crippen LogP contribution in [0.3, 0.4) is 0 Å². The van der Waals surface area contributed by atoms with E-state index in [-0.39, 0.29) is 0 Å². The Morgan fingerprint density at radius 1 is 0.500 bits per heavy atom. The third kappa shape index (κ3) is 4.16. The van der Waals surface area contributed by atoms with Gasteiger partial charge in [-0.3, -0.25) is 0 Å². The number of hydrogen-bond donors (Lipinski definition) is 1. The molecule has 6 aromatic carbocycles. The molecular weight excluding hydrogens is 592 g/mol. The maximum Gasteiger partial charge on any atom is 0.201 e. The van der Waals surface area contributed by atoms with E-state index in [1.54, 1.807) is 0 Å². The third-order valence-corrected chi connectivity index (χ3v) is 9.16. The molecule has 0 radical (unpaired) electrons. The summed E-state index contributed by atoms with van der Waals surface area (Å²) in [5, 5.41) is 8.74. The van der Waals surface area contributed by atoms with Gasteiger partial charge in [-0.05, 0) is 46.2 Å². The Balaban J connectivity index is 1.16. The van der Waals surface area contributed by atoms with Crippen LogP contribution in [-0.4, -0.2) is 21.5 Å². The van der Waals surface area contributed by atoms with E-state index in [0.29, 0.717) is 17.5 Å². The lowest BCUT2D eigenvalue weighted by molar-refractivity contribution is 0.628. The van der Waals surface area contributed by atoms with Crippen LogP contribution in [0.5, 0.6) is 0 Å². The standard InChI is InChI=1S/C42H26N4O2/c1-2-10-25(11-3-1)39-44-40(46-41(45-39)32-16-8-19-35-38(32)31-13-4-5-18-34(31)47-35)27-21-22-28-26(24-27)12-6-14-29(28)30-15-7-20-36-37(30)33-17-9-23-43-42(33)48-36/h1-22,24,43H,23H2. The average Bonchev–Trinajstić information content (AvgIpc) is 3.73. The van der Waals surface area contributed by atoms with Gasteiger partial charge in [-0.25, -0.2) is 15.0 Å². The quantitative estimate of drug-likeness (QED) is 0.211. The van der Waals surface area contributed by atoms with E-state index in [4.69, 9.17) is 23.8 Å². The Hall–Kier alpha value is -6.53. The number of benzene rings is 6. The molecule has 0 spiro atoms. The summed E-state index contributed by atoms with van der Waals surface area (Å²) in [6.45, 7) is 0.762. The number of nitrogens with one attached hydrogen (secondary N) is 1. The lowest BCUT2D eigenvalue weighted by Crippen LogP contribution is -2.01. The van der Waals surface area contributed by atoms with Crippen molar-refractivity contribution in [1.29, 1.82) is 0 Å². The molecule has 0 bridgehead atoms. The van der Waals surface area contributed by atoms with Crippen LogP contribution in [0.2, 0.25) is 0 Å². The molecular formula is C42H26N4O2. The number of aromatic nitrogens is 3. The van der Waals surface area contributed by atoms with Crippen LogP contribution in [0.4, 0.5) is 5.88 Å². The zero-order valence-corrected chi connectivity index (χ0v) is 25.6. The maximum absolute atomic E-state index is 6.21. The fourth-order valence-corrected chi connectivity index (χ4v) is 6.98. The molecule has 48 heavy (non-hydrogen) atoms. The Morgan fingerprint density at radius 2 is 1.21 bits per heavy atom. The highest BCUT2D eigenvalue weighted by Gasteiger charge is 2.20. The molecule has 0 amide bonds. The van der Waals surface area contributed by atoms with E-state index in [1.165, 1.54) is 0 Å². The molecule has 10 rings (SSSR count). The van der Waals surface area contributed by atoms with Gasteiger partial charge in [0.25, 0.3) is 0 Å².